The quantitative estimate of drug-likeness (QED) is 0.620. The van der Waals surface area contributed by atoms with Crippen molar-refractivity contribution in [3.8, 4) is 11.5 Å². The Labute approximate surface area is 133 Å². The van der Waals surface area contributed by atoms with E-state index in [4.69, 9.17) is 15.3 Å². The number of hydrazine groups is 1. The molecule has 2 aromatic rings. The van der Waals surface area contributed by atoms with E-state index in [0.29, 0.717) is 11.5 Å². The zero-order valence-corrected chi connectivity index (χ0v) is 13.7. The van der Waals surface area contributed by atoms with Crippen molar-refractivity contribution in [1.29, 1.82) is 0 Å². The zero-order chi connectivity index (χ0) is 15.2. The Morgan fingerprint density at radius 1 is 1.10 bits per heavy atom. The highest BCUT2D eigenvalue weighted by Crippen LogP contribution is 2.31. The normalized spacial score (nSPS) is 12.0. The molecule has 1 atom stereocenters. The van der Waals surface area contributed by atoms with Crippen molar-refractivity contribution >= 4 is 15.9 Å². The van der Waals surface area contributed by atoms with Crippen molar-refractivity contribution in [3.63, 3.8) is 0 Å². The van der Waals surface area contributed by atoms with Crippen LogP contribution in [0.15, 0.2) is 46.9 Å². The van der Waals surface area contributed by atoms with Gasteiger partial charge in [0, 0.05) is 4.47 Å². The smallest absolute Gasteiger partial charge is 0.161 e. The SMILES string of the molecule is COc1ccc(C(Cc2cccc(Br)c2)NN)cc1OC. The van der Waals surface area contributed by atoms with Gasteiger partial charge in [-0.2, -0.15) is 0 Å². The molecular formula is C16H19BrN2O2. The summed E-state index contributed by atoms with van der Waals surface area (Å²) in [6, 6.07) is 14.0. The Balaban J connectivity index is 2.25. The Hall–Kier alpha value is -1.56. The molecule has 0 aliphatic rings. The first-order chi connectivity index (χ1) is 10.2. The second kappa shape index (κ2) is 7.45. The van der Waals surface area contributed by atoms with Gasteiger partial charge in [0.15, 0.2) is 11.5 Å². The molecule has 2 aromatic carbocycles. The number of ether oxygens (including phenoxy) is 2. The average molecular weight is 351 g/mol. The molecule has 4 nitrogen and oxygen atoms in total. The van der Waals surface area contributed by atoms with Crippen LogP contribution in [0.5, 0.6) is 11.5 Å². The molecule has 0 aliphatic carbocycles. The van der Waals surface area contributed by atoms with Crippen LogP contribution in [0.4, 0.5) is 0 Å². The van der Waals surface area contributed by atoms with Crippen molar-refractivity contribution in [2.75, 3.05) is 14.2 Å². The molecule has 21 heavy (non-hydrogen) atoms. The average Bonchev–Trinajstić information content (AvgIpc) is 2.52. The fourth-order valence-corrected chi connectivity index (χ4v) is 2.69. The summed E-state index contributed by atoms with van der Waals surface area (Å²) in [6.45, 7) is 0. The number of methoxy groups -OCH3 is 2. The zero-order valence-electron chi connectivity index (χ0n) is 12.1. The van der Waals surface area contributed by atoms with Crippen LogP contribution in [0.1, 0.15) is 17.2 Å². The Morgan fingerprint density at radius 2 is 1.86 bits per heavy atom. The summed E-state index contributed by atoms with van der Waals surface area (Å²) in [5.41, 5.74) is 5.11. The van der Waals surface area contributed by atoms with Crippen LogP contribution in [0.25, 0.3) is 0 Å². The minimum Gasteiger partial charge on any atom is -0.493 e. The van der Waals surface area contributed by atoms with Crippen LogP contribution in [0.2, 0.25) is 0 Å². The Kier molecular flexibility index (Phi) is 5.61. The van der Waals surface area contributed by atoms with Crippen molar-refractivity contribution in [2.24, 2.45) is 5.84 Å². The van der Waals surface area contributed by atoms with Crippen molar-refractivity contribution in [2.45, 2.75) is 12.5 Å². The monoisotopic (exact) mass is 350 g/mol. The third kappa shape index (κ3) is 3.97. The first-order valence-corrected chi connectivity index (χ1v) is 7.39. The molecule has 0 amide bonds. The second-order valence-corrected chi connectivity index (χ2v) is 5.58. The van der Waals surface area contributed by atoms with Gasteiger partial charge < -0.3 is 9.47 Å². The molecule has 0 fully saturated rings. The van der Waals surface area contributed by atoms with E-state index >= 15 is 0 Å². The Morgan fingerprint density at radius 3 is 2.48 bits per heavy atom. The molecule has 0 spiro atoms. The van der Waals surface area contributed by atoms with E-state index in [-0.39, 0.29) is 6.04 Å². The van der Waals surface area contributed by atoms with Crippen LogP contribution in [0, 0.1) is 0 Å². The van der Waals surface area contributed by atoms with Crippen LogP contribution in [0.3, 0.4) is 0 Å². The summed E-state index contributed by atoms with van der Waals surface area (Å²) in [4.78, 5) is 0. The molecule has 0 saturated heterocycles. The summed E-state index contributed by atoms with van der Waals surface area (Å²) in [5, 5.41) is 0. The molecule has 0 aromatic heterocycles. The highest BCUT2D eigenvalue weighted by molar-refractivity contribution is 9.10. The van der Waals surface area contributed by atoms with Gasteiger partial charge in [-0.05, 0) is 41.8 Å². The summed E-state index contributed by atoms with van der Waals surface area (Å²) in [5.74, 6) is 7.13. The molecule has 0 aliphatic heterocycles. The first kappa shape index (κ1) is 15.8. The van der Waals surface area contributed by atoms with E-state index < -0.39 is 0 Å². The predicted octanol–water partition coefficient (Wildman–Crippen LogP) is 3.21. The largest absolute Gasteiger partial charge is 0.493 e. The summed E-state index contributed by atoms with van der Waals surface area (Å²) in [6.07, 6.45) is 0.783. The molecule has 3 N–H and O–H groups in total. The number of rotatable bonds is 6. The maximum Gasteiger partial charge on any atom is 0.161 e. The van der Waals surface area contributed by atoms with Gasteiger partial charge in [-0.15, -0.1) is 0 Å². The number of nitrogens with one attached hydrogen (secondary N) is 1. The third-order valence-corrected chi connectivity index (χ3v) is 3.83. The molecule has 0 radical (unpaired) electrons. The molecule has 0 saturated carbocycles. The molecule has 1 unspecified atom stereocenters. The van der Waals surface area contributed by atoms with Crippen LogP contribution >= 0.6 is 15.9 Å². The fourth-order valence-electron chi connectivity index (χ4n) is 2.24. The molecule has 112 valence electrons. The number of halogens is 1. The fraction of sp³-hybridized carbons (Fsp3) is 0.250. The van der Waals surface area contributed by atoms with Crippen molar-refractivity contribution in [3.05, 3.63) is 58.1 Å². The van der Waals surface area contributed by atoms with Gasteiger partial charge in [0.2, 0.25) is 0 Å². The van der Waals surface area contributed by atoms with E-state index in [9.17, 15) is 0 Å². The van der Waals surface area contributed by atoms with Gasteiger partial charge in [-0.25, -0.2) is 0 Å². The van der Waals surface area contributed by atoms with Crippen LogP contribution < -0.4 is 20.7 Å². The van der Waals surface area contributed by atoms with Crippen molar-refractivity contribution in [1.82, 2.24) is 5.43 Å². The standard InChI is InChI=1S/C16H19BrN2O2/c1-20-15-7-6-12(10-16(15)21-2)14(19-18)9-11-4-3-5-13(17)8-11/h3-8,10,14,19H,9,18H2,1-2H3. The van der Waals surface area contributed by atoms with E-state index in [0.717, 1.165) is 16.5 Å². The third-order valence-electron chi connectivity index (χ3n) is 3.34. The lowest BCUT2D eigenvalue weighted by atomic mass is 9.99. The molecule has 2 rings (SSSR count). The van der Waals surface area contributed by atoms with Crippen LogP contribution in [-0.2, 0) is 6.42 Å². The summed E-state index contributed by atoms with van der Waals surface area (Å²) in [7, 11) is 3.25. The lowest BCUT2D eigenvalue weighted by Gasteiger charge is -2.18. The number of hydrogen-bond donors (Lipinski definition) is 2. The maximum atomic E-state index is 5.72. The number of nitrogens with two attached hydrogens (primary N) is 1. The lowest BCUT2D eigenvalue weighted by Crippen LogP contribution is -2.29. The van der Waals surface area contributed by atoms with E-state index in [1.54, 1.807) is 14.2 Å². The minimum absolute atomic E-state index is 0.000828. The topological polar surface area (TPSA) is 56.5 Å². The number of benzene rings is 2. The van der Waals surface area contributed by atoms with E-state index in [2.05, 4.69) is 33.5 Å². The van der Waals surface area contributed by atoms with Crippen LogP contribution in [-0.4, -0.2) is 14.2 Å². The van der Waals surface area contributed by atoms with E-state index in [1.165, 1.54) is 5.56 Å². The molecule has 0 heterocycles. The van der Waals surface area contributed by atoms with Gasteiger partial charge in [0.1, 0.15) is 0 Å². The second-order valence-electron chi connectivity index (χ2n) is 4.67. The molecular weight excluding hydrogens is 332 g/mol. The van der Waals surface area contributed by atoms with Gasteiger partial charge in [0.25, 0.3) is 0 Å². The highest BCUT2D eigenvalue weighted by Gasteiger charge is 2.14. The molecule has 5 heteroatoms. The summed E-state index contributed by atoms with van der Waals surface area (Å²) >= 11 is 3.48. The number of hydrogen-bond acceptors (Lipinski definition) is 4. The van der Waals surface area contributed by atoms with E-state index in [1.807, 2.05) is 30.3 Å². The highest BCUT2D eigenvalue weighted by atomic mass is 79.9. The molecule has 0 bridgehead atoms. The maximum absolute atomic E-state index is 5.72. The van der Waals surface area contributed by atoms with Gasteiger partial charge in [-0.3, -0.25) is 11.3 Å². The van der Waals surface area contributed by atoms with Gasteiger partial charge in [0.05, 0.1) is 20.3 Å². The van der Waals surface area contributed by atoms with Gasteiger partial charge >= 0.3 is 0 Å². The predicted molar refractivity (Wildman–Crippen MR) is 87.5 cm³/mol. The minimum atomic E-state index is -0.000828. The lowest BCUT2D eigenvalue weighted by molar-refractivity contribution is 0.353. The van der Waals surface area contributed by atoms with Crippen molar-refractivity contribution < 1.29 is 9.47 Å². The Bertz CT molecular complexity index is 605. The first-order valence-electron chi connectivity index (χ1n) is 6.60. The van der Waals surface area contributed by atoms with Gasteiger partial charge in [-0.1, -0.05) is 34.1 Å². The summed E-state index contributed by atoms with van der Waals surface area (Å²) < 4.78 is 11.7.